The monoisotopic (exact) mass is 345 g/mol. The summed E-state index contributed by atoms with van der Waals surface area (Å²) >= 11 is 0. The Morgan fingerprint density at radius 2 is 1.92 bits per heavy atom. The summed E-state index contributed by atoms with van der Waals surface area (Å²) in [5.74, 6) is 1.26. The van der Waals surface area contributed by atoms with Crippen molar-refractivity contribution < 1.29 is 9.53 Å². The van der Waals surface area contributed by atoms with Crippen molar-refractivity contribution in [1.82, 2.24) is 19.8 Å². The maximum atomic E-state index is 12.9. The fraction of sp³-hybridized carbons (Fsp3) is 0.722. The topological polar surface area (TPSA) is 61.8 Å². The molecule has 4 heterocycles. The zero-order valence-electron chi connectivity index (χ0n) is 15.0. The molecule has 7 heteroatoms. The Morgan fingerprint density at radius 1 is 1.16 bits per heavy atom. The van der Waals surface area contributed by atoms with E-state index in [2.05, 4.69) is 21.8 Å². The van der Waals surface area contributed by atoms with Crippen LogP contribution in [0.15, 0.2) is 6.20 Å². The molecule has 0 bridgehead atoms. The van der Waals surface area contributed by atoms with Crippen LogP contribution in [0.4, 0.5) is 5.95 Å². The summed E-state index contributed by atoms with van der Waals surface area (Å²) < 4.78 is 5.40. The molecule has 0 saturated carbocycles. The zero-order valence-corrected chi connectivity index (χ0v) is 15.0. The molecule has 3 aliphatic heterocycles. The predicted molar refractivity (Wildman–Crippen MR) is 94.4 cm³/mol. The van der Waals surface area contributed by atoms with E-state index < -0.39 is 0 Å². The van der Waals surface area contributed by atoms with Crippen molar-refractivity contribution in [3.8, 4) is 0 Å². The average molecular weight is 345 g/mol. The predicted octanol–water partition coefficient (Wildman–Crippen LogP) is 0.540. The lowest BCUT2D eigenvalue weighted by molar-refractivity contribution is -0.138. The molecule has 0 spiro atoms. The molecular weight excluding hydrogens is 318 g/mol. The Morgan fingerprint density at radius 3 is 2.68 bits per heavy atom. The van der Waals surface area contributed by atoms with Gasteiger partial charge in [-0.15, -0.1) is 0 Å². The quantitative estimate of drug-likeness (QED) is 0.780. The summed E-state index contributed by atoms with van der Waals surface area (Å²) in [5, 5.41) is 0. The highest BCUT2D eigenvalue weighted by Crippen LogP contribution is 2.24. The van der Waals surface area contributed by atoms with Gasteiger partial charge in [0.1, 0.15) is 0 Å². The molecule has 2 fully saturated rings. The van der Waals surface area contributed by atoms with Crippen molar-refractivity contribution in [2.75, 3.05) is 57.9 Å². The first-order valence-electron chi connectivity index (χ1n) is 9.35. The molecule has 136 valence electrons. The van der Waals surface area contributed by atoms with Crippen LogP contribution in [-0.4, -0.2) is 78.7 Å². The number of carbonyl (C=O) groups excluding carboxylic acids is 1. The molecule has 7 nitrogen and oxygen atoms in total. The number of carbonyl (C=O) groups is 1. The number of nitrogens with zero attached hydrogens (tertiary/aromatic N) is 5. The lowest BCUT2D eigenvalue weighted by atomic mass is 9.94. The second-order valence-electron chi connectivity index (χ2n) is 7.33. The van der Waals surface area contributed by atoms with Gasteiger partial charge in [0.25, 0.3) is 0 Å². The number of aromatic nitrogens is 2. The van der Waals surface area contributed by atoms with Crippen molar-refractivity contribution in [2.24, 2.45) is 5.92 Å². The summed E-state index contributed by atoms with van der Waals surface area (Å²) in [7, 11) is 2.13. The number of likely N-dealkylation sites (tertiary alicyclic amines) is 1. The maximum Gasteiger partial charge on any atom is 0.226 e. The van der Waals surface area contributed by atoms with Gasteiger partial charge >= 0.3 is 0 Å². The third kappa shape index (κ3) is 3.62. The third-order valence-corrected chi connectivity index (χ3v) is 5.61. The SMILES string of the molecule is CN1CCC(C(=O)N2CCc3cnc(N4CCOCC4)nc3C2)CC1. The minimum Gasteiger partial charge on any atom is -0.378 e. The van der Waals surface area contributed by atoms with E-state index in [0.29, 0.717) is 12.5 Å². The minimum absolute atomic E-state index is 0.179. The number of piperidine rings is 1. The van der Waals surface area contributed by atoms with Crippen LogP contribution in [0.2, 0.25) is 0 Å². The van der Waals surface area contributed by atoms with Gasteiger partial charge in [-0.3, -0.25) is 4.79 Å². The van der Waals surface area contributed by atoms with Crippen LogP contribution in [0.1, 0.15) is 24.1 Å². The lowest BCUT2D eigenvalue weighted by Crippen LogP contribution is -2.44. The molecular formula is C18H27N5O2. The highest BCUT2D eigenvalue weighted by atomic mass is 16.5. The molecule has 0 atom stereocenters. The van der Waals surface area contributed by atoms with E-state index in [9.17, 15) is 4.79 Å². The van der Waals surface area contributed by atoms with E-state index >= 15 is 0 Å². The second-order valence-corrected chi connectivity index (χ2v) is 7.33. The molecule has 0 aromatic carbocycles. The van der Waals surface area contributed by atoms with Gasteiger partial charge in [-0.05, 0) is 45.0 Å². The fourth-order valence-electron chi connectivity index (χ4n) is 3.91. The van der Waals surface area contributed by atoms with Crippen molar-refractivity contribution in [3.05, 3.63) is 17.5 Å². The normalized spacial score (nSPS) is 22.8. The molecule has 1 amide bonds. The molecule has 4 rings (SSSR count). The zero-order chi connectivity index (χ0) is 17.2. The van der Waals surface area contributed by atoms with Crippen molar-refractivity contribution in [1.29, 1.82) is 0 Å². The van der Waals surface area contributed by atoms with Crippen LogP contribution >= 0.6 is 0 Å². The Bertz CT molecular complexity index is 624. The fourth-order valence-corrected chi connectivity index (χ4v) is 3.91. The van der Waals surface area contributed by atoms with Crippen LogP contribution in [0.5, 0.6) is 0 Å². The van der Waals surface area contributed by atoms with Gasteiger partial charge in [0.15, 0.2) is 0 Å². The van der Waals surface area contributed by atoms with Gasteiger partial charge in [0.05, 0.1) is 25.5 Å². The molecule has 0 N–H and O–H groups in total. The van der Waals surface area contributed by atoms with Crippen LogP contribution in [0.25, 0.3) is 0 Å². The third-order valence-electron chi connectivity index (χ3n) is 5.61. The number of anilines is 1. The van der Waals surface area contributed by atoms with Gasteiger partial charge in [-0.2, -0.15) is 0 Å². The van der Waals surface area contributed by atoms with E-state index in [1.54, 1.807) is 0 Å². The summed E-state index contributed by atoms with van der Waals surface area (Å²) in [4.78, 5) is 28.7. The molecule has 0 aliphatic carbocycles. The van der Waals surface area contributed by atoms with Gasteiger partial charge in [0, 0.05) is 31.7 Å². The van der Waals surface area contributed by atoms with E-state index in [4.69, 9.17) is 9.72 Å². The van der Waals surface area contributed by atoms with E-state index in [1.807, 2.05) is 11.1 Å². The number of amides is 1. The molecule has 25 heavy (non-hydrogen) atoms. The Kier molecular flexibility index (Phi) is 4.85. The highest BCUT2D eigenvalue weighted by Gasteiger charge is 2.30. The van der Waals surface area contributed by atoms with Crippen LogP contribution in [-0.2, 0) is 22.5 Å². The summed E-state index contributed by atoms with van der Waals surface area (Å²) in [6.45, 7) is 6.56. The van der Waals surface area contributed by atoms with Gasteiger partial charge in [0.2, 0.25) is 11.9 Å². The first-order chi connectivity index (χ1) is 12.2. The smallest absolute Gasteiger partial charge is 0.226 e. The van der Waals surface area contributed by atoms with Crippen LogP contribution in [0.3, 0.4) is 0 Å². The Balaban J connectivity index is 1.45. The summed E-state index contributed by atoms with van der Waals surface area (Å²) in [6, 6.07) is 0. The lowest BCUT2D eigenvalue weighted by Gasteiger charge is -2.35. The van der Waals surface area contributed by atoms with Crippen LogP contribution in [0, 0.1) is 5.92 Å². The molecule has 0 unspecified atom stereocenters. The Labute approximate surface area is 149 Å². The van der Waals surface area contributed by atoms with Gasteiger partial charge in [-0.25, -0.2) is 9.97 Å². The van der Waals surface area contributed by atoms with Crippen molar-refractivity contribution >= 4 is 11.9 Å². The standard InChI is InChI=1S/C18H27N5O2/c1-21-5-2-14(3-6-21)17(24)23-7-4-15-12-19-18(20-16(15)13-23)22-8-10-25-11-9-22/h12,14H,2-11,13H2,1H3. The molecule has 3 aliphatic rings. The molecule has 1 aromatic rings. The van der Waals surface area contributed by atoms with Gasteiger partial charge < -0.3 is 19.4 Å². The first kappa shape index (κ1) is 16.7. The molecule has 0 radical (unpaired) electrons. The minimum atomic E-state index is 0.179. The van der Waals surface area contributed by atoms with E-state index in [1.165, 1.54) is 5.56 Å². The number of hydrogen-bond donors (Lipinski definition) is 0. The summed E-state index contributed by atoms with van der Waals surface area (Å²) in [5.41, 5.74) is 2.20. The van der Waals surface area contributed by atoms with E-state index in [0.717, 1.165) is 76.8 Å². The maximum absolute atomic E-state index is 12.9. The van der Waals surface area contributed by atoms with Crippen molar-refractivity contribution in [3.63, 3.8) is 0 Å². The number of fused-ring (bicyclic) bond motifs is 1. The van der Waals surface area contributed by atoms with Crippen molar-refractivity contribution in [2.45, 2.75) is 25.8 Å². The summed E-state index contributed by atoms with van der Waals surface area (Å²) in [6.07, 6.45) is 4.75. The number of morpholine rings is 1. The Hall–Kier alpha value is -1.73. The number of ether oxygens (including phenoxy) is 1. The molecule has 1 aromatic heterocycles. The molecule has 2 saturated heterocycles. The highest BCUT2D eigenvalue weighted by molar-refractivity contribution is 5.79. The van der Waals surface area contributed by atoms with E-state index in [-0.39, 0.29) is 5.92 Å². The van der Waals surface area contributed by atoms with Crippen LogP contribution < -0.4 is 4.90 Å². The second kappa shape index (κ2) is 7.25. The largest absolute Gasteiger partial charge is 0.378 e. The average Bonchev–Trinajstić information content (AvgIpc) is 2.68. The van der Waals surface area contributed by atoms with Gasteiger partial charge in [-0.1, -0.05) is 0 Å². The first-order valence-corrected chi connectivity index (χ1v) is 9.35. The number of hydrogen-bond acceptors (Lipinski definition) is 6. The number of rotatable bonds is 2.